The summed E-state index contributed by atoms with van der Waals surface area (Å²) >= 11 is 6.26. The number of imide groups is 1. The third kappa shape index (κ3) is 3.98. The molecule has 2 aromatic carbocycles. The predicted octanol–water partition coefficient (Wildman–Crippen LogP) is 4.37. The molecule has 190 valence electrons. The van der Waals surface area contributed by atoms with E-state index in [4.69, 9.17) is 11.6 Å². The first kappa shape index (κ1) is 25.9. The number of nitrogens with zero attached hydrogens (tertiary/aromatic N) is 2. The molecule has 3 atom stereocenters. The molecule has 9 heteroatoms. The Morgan fingerprint density at radius 1 is 1.06 bits per heavy atom. The van der Waals surface area contributed by atoms with Crippen molar-refractivity contribution in [2.75, 3.05) is 0 Å². The second kappa shape index (κ2) is 10.0. The Balaban J connectivity index is 1.77. The summed E-state index contributed by atoms with van der Waals surface area (Å²) in [4.78, 5) is 56.1. The van der Waals surface area contributed by atoms with Crippen molar-refractivity contribution in [3.05, 3.63) is 70.2 Å². The molecule has 2 aliphatic heterocycles. The largest absolute Gasteiger partial charge is 0.330 e. The molecule has 4 amide bonds. The average Bonchev–Trinajstić information content (AvgIpc) is 3.44. The summed E-state index contributed by atoms with van der Waals surface area (Å²) in [6.07, 6.45) is 1.83. The van der Waals surface area contributed by atoms with E-state index in [0.717, 1.165) is 10.5 Å². The van der Waals surface area contributed by atoms with Gasteiger partial charge in [-0.1, -0.05) is 49.7 Å². The molecule has 2 aromatic rings. The van der Waals surface area contributed by atoms with Gasteiger partial charge in [0.15, 0.2) is 0 Å². The van der Waals surface area contributed by atoms with E-state index in [0.29, 0.717) is 30.7 Å². The lowest BCUT2D eigenvalue weighted by Crippen LogP contribution is -2.58. The minimum absolute atomic E-state index is 0.266. The molecule has 2 N–H and O–H groups in total. The summed E-state index contributed by atoms with van der Waals surface area (Å²) in [6, 6.07) is 11.6. The van der Waals surface area contributed by atoms with Crippen molar-refractivity contribution in [2.24, 2.45) is 5.41 Å². The van der Waals surface area contributed by atoms with E-state index in [1.165, 1.54) is 0 Å². The molecule has 0 aromatic heterocycles. The minimum atomic E-state index is -1.09. The number of carbonyl (C=O) groups excluding carboxylic acids is 4. The summed E-state index contributed by atoms with van der Waals surface area (Å²) in [5.41, 5.74) is 2.08. The van der Waals surface area contributed by atoms with Crippen LogP contribution in [-0.2, 0) is 9.59 Å². The lowest BCUT2D eigenvalue weighted by Gasteiger charge is -2.43. The van der Waals surface area contributed by atoms with E-state index in [1.54, 1.807) is 59.8 Å². The highest BCUT2D eigenvalue weighted by atomic mass is 35.5. The zero-order valence-corrected chi connectivity index (χ0v) is 21.3. The van der Waals surface area contributed by atoms with E-state index in [2.05, 4.69) is 0 Å². The van der Waals surface area contributed by atoms with E-state index in [9.17, 15) is 24.4 Å². The van der Waals surface area contributed by atoms with Gasteiger partial charge in [0.1, 0.15) is 6.04 Å². The number of benzene rings is 2. The van der Waals surface area contributed by atoms with Crippen molar-refractivity contribution in [3.8, 4) is 0 Å². The van der Waals surface area contributed by atoms with Gasteiger partial charge in [0.25, 0.3) is 17.7 Å². The number of rotatable bonds is 7. The third-order valence-electron chi connectivity index (χ3n) is 7.90. The zero-order valence-electron chi connectivity index (χ0n) is 20.5. The molecule has 8 nitrogen and oxygen atoms in total. The fourth-order valence-electron chi connectivity index (χ4n) is 5.89. The zero-order chi connectivity index (χ0) is 26.2. The lowest BCUT2D eigenvalue weighted by atomic mass is 9.73. The summed E-state index contributed by atoms with van der Waals surface area (Å²) in [6.45, 7) is 5.24. The van der Waals surface area contributed by atoms with Crippen LogP contribution in [-0.4, -0.2) is 50.7 Å². The highest BCUT2D eigenvalue weighted by Crippen LogP contribution is 2.47. The maximum atomic E-state index is 14.2. The molecular formula is C27H30ClN3O5. The summed E-state index contributed by atoms with van der Waals surface area (Å²) in [5.74, 6) is -2.03. The summed E-state index contributed by atoms with van der Waals surface area (Å²) in [5, 5.41) is 10.1. The second-order valence-electron chi connectivity index (χ2n) is 9.42. The van der Waals surface area contributed by atoms with Crippen LogP contribution in [0.1, 0.15) is 78.8 Å². The van der Waals surface area contributed by atoms with E-state index in [-0.39, 0.29) is 11.1 Å². The topological polar surface area (TPSA) is 107 Å². The molecule has 0 aliphatic carbocycles. The Labute approximate surface area is 215 Å². The molecule has 0 saturated carbocycles. The minimum Gasteiger partial charge on any atom is -0.330 e. The smallest absolute Gasteiger partial charge is 0.262 e. The number of nitrogens with one attached hydrogen (secondary N) is 1. The van der Waals surface area contributed by atoms with Crippen molar-refractivity contribution in [1.82, 2.24) is 15.3 Å². The summed E-state index contributed by atoms with van der Waals surface area (Å²) in [7, 11) is 0. The molecule has 0 spiro atoms. The normalized spacial score (nSPS) is 20.5. The molecule has 2 heterocycles. The van der Waals surface area contributed by atoms with Crippen LogP contribution in [0.5, 0.6) is 0 Å². The van der Waals surface area contributed by atoms with Crippen molar-refractivity contribution in [3.63, 3.8) is 0 Å². The van der Waals surface area contributed by atoms with Gasteiger partial charge < -0.3 is 4.90 Å². The van der Waals surface area contributed by atoms with Crippen molar-refractivity contribution in [1.29, 1.82) is 0 Å². The molecule has 36 heavy (non-hydrogen) atoms. The van der Waals surface area contributed by atoms with Crippen molar-refractivity contribution >= 4 is 35.2 Å². The van der Waals surface area contributed by atoms with Crippen molar-refractivity contribution in [2.45, 2.75) is 64.6 Å². The van der Waals surface area contributed by atoms with Gasteiger partial charge in [0.2, 0.25) is 5.91 Å². The van der Waals surface area contributed by atoms with Gasteiger partial charge in [0, 0.05) is 11.1 Å². The molecule has 0 unspecified atom stereocenters. The number of carbonyl (C=O) groups is 4. The Hall–Kier alpha value is -3.23. The first-order chi connectivity index (χ1) is 17.2. The molecule has 0 radical (unpaired) electrons. The van der Waals surface area contributed by atoms with Gasteiger partial charge in [-0.05, 0) is 62.4 Å². The molecule has 1 saturated heterocycles. The average molecular weight is 512 g/mol. The Bertz CT molecular complexity index is 1180. The predicted molar refractivity (Wildman–Crippen MR) is 133 cm³/mol. The number of halogens is 1. The summed E-state index contributed by atoms with van der Waals surface area (Å²) < 4.78 is 0. The van der Waals surface area contributed by atoms with Crippen LogP contribution in [0.4, 0.5) is 0 Å². The molecule has 1 fully saturated rings. The standard InChI is InChI=1S/C27H30ClN3O5/c1-4-27(5-2,26(35)29-36)22-14-13-21(17-9-8-10-18(28)15-17)31(22)23(32)16(3)30-24(33)19-11-6-7-12-20(19)25(30)34/h6-12,15-16,21-22,36H,4-5,13-14H2,1-3H3,(H,29,35)/t16-,21+,22-/m1/s1. The Kier molecular flexibility index (Phi) is 7.20. The van der Waals surface area contributed by atoms with Gasteiger partial charge in [-0.3, -0.25) is 29.3 Å². The van der Waals surface area contributed by atoms with Crippen LogP contribution < -0.4 is 5.48 Å². The second-order valence-corrected chi connectivity index (χ2v) is 9.85. The quantitative estimate of drug-likeness (QED) is 0.326. The molecular weight excluding hydrogens is 482 g/mol. The van der Waals surface area contributed by atoms with Gasteiger partial charge in [-0.2, -0.15) is 0 Å². The van der Waals surface area contributed by atoms with Crippen LogP contribution in [0.25, 0.3) is 0 Å². The Morgan fingerprint density at radius 2 is 1.67 bits per heavy atom. The van der Waals surface area contributed by atoms with Gasteiger partial charge in [-0.15, -0.1) is 0 Å². The fraction of sp³-hybridized carbons (Fsp3) is 0.407. The number of fused-ring (bicyclic) bond motifs is 1. The third-order valence-corrected chi connectivity index (χ3v) is 8.13. The van der Waals surface area contributed by atoms with Gasteiger partial charge >= 0.3 is 0 Å². The van der Waals surface area contributed by atoms with Crippen LogP contribution in [0.3, 0.4) is 0 Å². The highest BCUT2D eigenvalue weighted by Gasteiger charge is 2.54. The SMILES string of the molecule is CCC(CC)(C(=O)NO)[C@H]1CC[C@@H](c2cccc(Cl)c2)N1C(=O)[C@@H](C)N1C(=O)c2ccccc2C1=O. The number of amides is 4. The Morgan fingerprint density at radius 3 is 2.19 bits per heavy atom. The van der Waals surface area contributed by atoms with Crippen LogP contribution in [0.2, 0.25) is 5.02 Å². The van der Waals surface area contributed by atoms with Crippen LogP contribution in [0, 0.1) is 5.41 Å². The monoisotopic (exact) mass is 511 g/mol. The van der Waals surface area contributed by atoms with E-state index < -0.39 is 47.2 Å². The lowest BCUT2D eigenvalue weighted by molar-refractivity contribution is -0.151. The number of likely N-dealkylation sites (tertiary alicyclic amines) is 1. The number of hydrogen-bond donors (Lipinski definition) is 2. The number of hydroxylamine groups is 1. The maximum absolute atomic E-state index is 14.2. The number of hydrogen-bond acceptors (Lipinski definition) is 5. The van der Waals surface area contributed by atoms with Gasteiger partial charge in [-0.25, -0.2) is 5.48 Å². The molecule has 0 bridgehead atoms. The van der Waals surface area contributed by atoms with Gasteiger partial charge in [0.05, 0.1) is 22.6 Å². The fourth-order valence-corrected chi connectivity index (χ4v) is 6.09. The maximum Gasteiger partial charge on any atom is 0.262 e. The van der Waals surface area contributed by atoms with Crippen LogP contribution >= 0.6 is 11.6 Å². The van der Waals surface area contributed by atoms with E-state index in [1.807, 2.05) is 19.9 Å². The molecule has 2 aliphatic rings. The highest BCUT2D eigenvalue weighted by molar-refractivity contribution is 6.30. The van der Waals surface area contributed by atoms with Crippen LogP contribution in [0.15, 0.2) is 48.5 Å². The van der Waals surface area contributed by atoms with E-state index >= 15 is 0 Å². The first-order valence-corrected chi connectivity index (χ1v) is 12.6. The van der Waals surface area contributed by atoms with Crippen molar-refractivity contribution < 1.29 is 24.4 Å². The first-order valence-electron chi connectivity index (χ1n) is 12.2. The molecule has 4 rings (SSSR count).